The number of hydrogen-bond donors (Lipinski definition) is 3. The Morgan fingerprint density at radius 2 is 1.86 bits per heavy atom. The molecule has 3 rings (SSSR count). The molecule has 0 aromatic heterocycles. The zero-order valence-corrected chi connectivity index (χ0v) is 16.7. The van der Waals surface area contributed by atoms with Crippen LogP contribution in [-0.2, 0) is 14.8 Å². The summed E-state index contributed by atoms with van der Waals surface area (Å²) >= 11 is 0. The molecule has 1 unspecified atom stereocenters. The van der Waals surface area contributed by atoms with Gasteiger partial charge in [-0.3, -0.25) is 4.72 Å². The van der Waals surface area contributed by atoms with Gasteiger partial charge in [0.05, 0.1) is 29.8 Å². The van der Waals surface area contributed by atoms with E-state index in [1.54, 1.807) is 56.3 Å². The van der Waals surface area contributed by atoms with Crippen molar-refractivity contribution >= 4 is 27.3 Å². The lowest BCUT2D eigenvalue weighted by Crippen LogP contribution is -2.33. The predicted octanol–water partition coefficient (Wildman–Crippen LogP) is 2.54. The number of hydrogen-bond acceptors (Lipinski definition) is 5. The highest BCUT2D eigenvalue weighted by molar-refractivity contribution is 7.92. The zero-order valence-electron chi connectivity index (χ0n) is 15.8. The second-order valence-corrected chi connectivity index (χ2v) is 8.54. The van der Waals surface area contributed by atoms with Crippen molar-refractivity contribution in [1.29, 1.82) is 0 Å². The maximum atomic E-state index is 12.6. The third kappa shape index (κ3) is 4.01. The van der Waals surface area contributed by atoms with Gasteiger partial charge >= 0.3 is 5.91 Å². The molecule has 0 bridgehead atoms. The number of amides is 1. The summed E-state index contributed by atoms with van der Waals surface area (Å²) in [7, 11) is -3.47. The molecule has 2 aromatic rings. The molecule has 0 fully saturated rings. The zero-order chi connectivity index (χ0) is 20.3. The number of phenols is 1. The Kier molecular flexibility index (Phi) is 5.69. The first-order valence-corrected chi connectivity index (χ1v) is 10.8. The molecular weight excluding hydrogens is 378 g/mol. The average Bonchev–Trinajstić information content (AvgIpc) is 3.13. The van der Waals surface area contributed by atoms with E-state index in [9.17, 15) is 18.3 Å². The van der Waals surface area contributed by atoms with Gasteiger partial charge in [0.15, 0.2) is 0 Å². The SMILES string of the molecule is CCC(=O)[N+]1=C(c2ccccc2NS(=O)(=O)CC)CC(c2ccccc2O)N1. The monoisotopic (exact) mass is 402 g/mol. The van der Waals surface area contributed by atoms with Crippen LogP contribution in [0.15, 0.2) is 48.5 Å². The van der Waals surface area contributed by atoms with Crippen LogP contribution in [0.3, 0.4) is 0 Å². The molecule has 0 aliphatic carbocycles. The Labute approximate surface area is 164 Å². The van der Waals surface area contributed by atoms with Gasteiger partial charge in [-0.25, -0.2) is 13.2 Å². The number of rotatable bonds is 6. The quantitative estimate of drug-likeness (QED) is 0.645. The minimum absolute atomic E-state index is 0.0486. The summed E-state index contributed by atoms with van der Waals surface area (Å²) in [5.41, 5.74) is 5.56. The predicted molar refractivity (Wildman–Crippen MR) is 108 cm³/mol. The van der Waals surface area contributed by atoms with Crippen LogP contribution in [-0.4, -0.2) is 35.6 Å². The minimum Gasteiger partial charge on any atom is -0.508 e. The summed E-state index contributed by atoms with van der Waals surface area (Å²) < 4.78 is 28.2. The average molecular weight is 402 g/mol. The Morgan fingerprint density at radius 1 is 1.18 bits per heavy atom. The highest BCUT2D eigenvalue weighted by Gasteiger charge is 2.39. The first-order valence-electron chi connectivity index (χ1n) is 9.19. The molecule has 1 aliphatic heterocycles. The lowest BCUT2D eigenvalue weighted by Gasteiger charge is -2.10. The van der Waals surface area contributed by atoms with E-state index in [2.05, 4.69) is 10.1 Å². The van der Waals surface area contributed by atoms with Crippen molar-refractivity contribution in [3.63, 3.8) is 0 Å². The molecule has 1 heterocycles. The number of hydrazone groups is 1. The van der Waals surface area contributed by atoms with Crippen molar-refractivity contribution in [3.05, 3.63) is 59.7 Å². The smallest absolute Gasteiger partial charge is 0.414 e. The second-order valence-electron chi connectivity index (χ2n) is 6.53. The molecular formula is C20H24N3O4S+. The molecule has 8 heteroatoms. The van der Waals surface area contributed by atoms with Crippen molar-refractivity contribution in [2.75, 3.05) is 10.5 Å². The number of phenolic OH excluding ortho intramolecular Hbond substituents is 1. The summed E-state index contributed by atoms with van der Waals surface area (Å²) in [6.45, 7) is 3.33. The highest BCUT2D eigenvalue weighted by Crippen LogP contribution is 2.32. The van der Waals surface area contributed by atoms with E-state index in [0.29, 0.717) is 28.9 Å². The molecule has 3 N–H and O–H groups in total. The molecule has 2 aromatic carbocycles. The van der Waals surface area contributed by atoms with Crippen LogP contribution < -0.4 is 10.1 Å². The van der Waals surface area contributed by atoms with E-state index in [0.717, 1.165) is 0 Å². The lowest BCUT2D eigenvalue weighted by molar-refractivity contribution is -0.506. The van der Waals surface area contributed by atoms with Crippen LogP contribution >= 0.6 is 0 Å². The minimum atomic E-state index is -3.47. The molecule has 0 saturated carbocycles. The number of carbonyl (C=O) groups is 1. The summed E-state index contributed by atoms with van der Waals surface area (Å²) in [6, 6.07) is 13.7. The van der Waals surface area contributed by atoms with Crippen LogP contribution in [0.5, 0.6) is 5.75 Å². The summed E-state index contributed by atoms with van der Waals surface area (Å²) in [4.78, 5) is 12.6. The van der Waals surface area contributed by atoms with E-state index < -0.39 is 10.0 Å². The summed E-state index contributed by atoms with van der Waals surface area (Å²) in [5.74, 6) is -0.0428. The van der Waals surface area contributed by atoms with Crippen molar-refractivity contribution in [3.8, 4) is 5.75 Å². The third-order valence-electron chi connectivity index (χ3n) is 4.70. The number of para-hydroxylation sites is 2. The first kappa shape index (κ1) is 19.9. The Hall–Kier alpha value is -2.87. The Morgan fingerprint density at radius 3 is 2.54 bits per heavy atom. The van der Waals surface area contributed by atoms with Gasteiger partial charge in [0.2, 0.25) is 15.7 Å². The van der Waals surface area contributed by atoms with Gasteiger partial charge in [0.1, 0.15) is 11.8 Å². The van der Waals surface area contributed by atoms with Crippen molar-refractivity contribution < 1.29 is 23.0 Å². The van der Waals surface area contributed by atoms with Gasteiger partial charge < -0.3 is 5.11 Å². The number of sulfonamides is 1. The van der Waals surface area contributed by atoms with E-state index in [1.807, 2.05) is 6.07 Å². The molecule has 0 spiro atoms. The van der Waals surface area contributed by atoms with Crippen LogP contribution in [0, 0.1) is 0 Å². The van der Waals surface area contributed by atoms with Crippen molar-refractivity contribution in [2.24, 2.45) is 0 Å². The Balaban J connectivity index is 2.05. The Bertz CT molecular complexity index is 1030. The van der Waals surface area contributed by atoms with Gasteiger partial charge in [-0.1, -0.05) is 37.3 Å². The molecule has 1 atom stereocenters. The van der Waals surface area contributed by atoms with Crippen LogP contribution in [0.25, 0.3) is 0 Å². The molecule has 1 aliphatic rings. The van der Waals surface area contributed by atoms with Gasteiger partial charge in [-0.2, -0.15) is 5.43 Å². The normalized spacial score (nSPS) is 16.7. The third-order valence-corrected chi connectivity index (χ3v) is 5.99. The number of hydrazine groups is 1. The standard InChI is InChI=1S/C20H23N3O4S/c1-3-20(25)23-18(13-17(21-23)15-10-6-8-12-19(15)24)14-9-5-7-11-16(14)22-28(26,27)4-2/h5-12,17,21,24H,3-4,13H2,1-2H3/p+1. The molecule has 0 saturated heterocycles. The highest BCUT2D eigenvalue weighted by atomic mass is 32.2. The second kappa shape index (κ2) is 8.02. The van der Waals surface area contributed by atoms with Crippen LogP contribution in [0.1, 0.15) is 43.9 Å². The maximum absolute atomic E-state index is 12.6. The topological polar surface area (TPSA) is 98.5 Å². The molecule has 1 amide bonds. The van der Waals surface area contributed by atoms with E-state index in [1.165, 1.54) is 4.68 Å². The lowest BCUT2D eigenvalue weighted by atomic mass is 9.97. The first-order chi connectivity index (χ1) is 13.4. The number of anilines is 1. The fraction of sp³-hybridized carbons (Fsp3) is 0.300. The fourth-order valence-corrected chi connectivity index (χ4v) is 3.86. The molecule has 28 heavy (non-hydrogen) atoms. The van der Waals surface area contributed by atoms with Crippen LogP contribution in [0.4, 0.5) is 5.69 Å². The number of nitrogens with one attached hydrogen (secondary N) is 2. The molecule has 0 radical (unpaired) electrons. The van der Waals surface area contributed by atoms with Gasteiger partial charge in [0, 0.05) is 5.56 Å². The molecule has 7 nitrogen and oxygen atoms in total. The number of benzene rings is 2. The van der Waals surface area contributed by atoms with Crippen molar-refractivity contribution in [1.82, 2.24) is 5.43 Å². The number of aromatic hydroxyl groups is 1. The van der Waals surface area contributed by atoms with E-state index in [-0.39, 0.29) is 29.9 Å². The van der Waals surface area contributed by atoms with Crippen LogP contribution in [0.2, 0.25) is 0 Å². The molecule has 148 valence electrons. The van der Waals surface area contributed by atoms with Crippen molar-refractivity contribution in [2.45, 2.75) is 32.7 Å². The number of carbonyl (C=O) groups excluding carboxylic acids is 1. The summed E-state index contributed by atoms with van der Waals surface area (Å²) in [5, 5.41) is 10.2. The maximum Gasteiger partial charge on any atom is 0.414 e. The van der Waals surface area contributed by atoms with E-state index >= 15 is 0 Å². The van der Waals surface area contributed by atoms with Gasteiger partial charge in [0.25, 0.3) is 0 Å². The van der Waals surface area contributed by atoms with Gasteiger partial charge in [-0.15, -0.1) is 0 Å². The van der Waals surface area contributed by atoms with E-state index in [4.69, 9.17) is 0 Å². The number of nitrogens with zero attached hydrogens (tertiary/aromatic N) is 1. The fourth-order valence-electron chi connectivity index (χ4n) is 3.20. The largest absolute Gasteiger partial charge is 0.508 e. The van der Waals surface area contributed by atoms with Gasteiger partial charge in [-0.05, 0) is 29.8 Å². The summed E-state index contributed by atoms with van der Waals surface area (Å²) in [6.07, 6.45) is 0.709.